The summed E-state index contributed by atoms with van der Waals surface area (Å²) in [7, 11) is -3.48. The molecule has 21 heavy (non-hydrogen) atoms. The van der Waals surface area contributed by atoms with Crippen LogP contribution < -0.4 is 0 Å². The summed E-state index contributed by atoms with van der Waals surface area (Å²) in [4.78, 5) is 0.459. The van der Waals surface area contributed by atoms with Crippen molar-refractivity contribution in [2.24, 2.45) is 0 Å². The molecule has 0 aromatic carbocycles. The molecule has 3 heteroatoms. The van der Waals surface area contributed by atoms with Crippen molar-refractivity contribution < 1.29 is 8.42 Å². The van der Waals surface area contributed by atoms with Gasteiger partial charge in [-0.25, -0.2) is 8.42 Å². The summed E-state index contributed by atoms with van der Waals surface area (Å²) in [5.74, 6) is 0. The summed E-state index contributed by atoms with van der Waals surface area (Å²) >= 11 is 0. The summed E-state index contributed by atoms with van der Waals surface area (Å²) < 4.78 is 24.5. The van der Waals surface area contributed by atoms with E-state index < -0.39 is 9.84 Å². The SMILES string of the molecule is C=C/C=C\C(=C/C)S(=O)(=O)C(/C=C\C)=C/C=C.CC.CC. The second-order valence-corrected chi connectivity index (χ2v) is 5.04. The van der Waals surface area contributed by atoms with Crippen molar-refractivity contribution in [2.75, 3.05) is 0 Å². The topological polar surface area (TPSA) is 34.1 Å². The van der Waals surface area contributed by atoms with Gasteiger partial charge in [-0.05, 0) is 32.1 Å². The average molecular weight is 311 g/mol. The van der Waals surface area contributed by atoms with Gasteiger partial charge >= 0.3 is 0 Å². The molecule has 0 amide bonds. The molecular weight excluding hydrogens is 280 g/mol. The van der Waals surface area contributed by atoms with Crippen LogP contribution in [0, 0.1) is 0 Å². The van der Waals surface area contributed by atoms with Crippen LogP contribution in [-0.4, -0.2) is 8.42 Å². The van der Waals surface area contributed by atoms with E-state index >= 15 is 0 Å². The number of allylic oxidation sites excluding steroid dienone is 8. The lowest BCUT2D eigenvalue weighted by molar-refractivity contribution is 0.609. The van der Waals surface area contributed by atoms with E-state index in [0.29, 0.717) is 0 Å². The molecular formula is C18H30O2S. The number of hydrogen-bond donors (Lipinski definition) is 0. The molecule has 2 nitrogen and oxygen atoms in total. The van der Waals surface area contributed by atoms with E-state index in [1.165, 1.54) is 24.3 Å². The molecule has 0 aliphatic rings. The molecule has 0 aliphatic carbocycles. The van der Waals surface area contributed by atoms with Crippen LogP contribution in [0.1, 0.15) is 41.5 Å². The van der Waals surface area contributed by atoms with Gasteiger partial charge in [0, 0.05) is 0 Å². The quantitative estimate of drug-likeness (QED) is 0.586. The predicted molar refractivity (Wildman–Crippen MR) is 97.8 cm³/mol. The van der Waals surface area contributed by atoms with E-state index in [-0.39, 0.29) is 9.81 Å². The van der Waals surface area contributed by atoms with Crippen molar-refractivity contribution in [1.29, 1.82) is 0 Å². The summed E-state index contributed by atoms with van der Waals surface area (Å²) in [6.45, 7) is 18.5. The van der Waals surface area contributed by atoms with Crippen LogP contribution in [0.2, 0.25) is 0 Å². The first-order valence-electron chi connectivity index (χ1n) is 7.20. The van der Waals surface area contributed by atoms with Crippen LogP contribution in [0.15, 0.2) is 71.6 Å². The zero-order chi connectivity index (χ0) is 17.3. The van der Waals surface area contributed by atoms with E-state index in [0.717, 1.165) is 0 Å². The minimum Gasteiger partial charge on any atom is -0.219 e. The highest BCUT2D eigenvalue weighted by Crippen LogP contribution is 2.20. The first-order valence-corrected chi connectivity index (χ1v) is 8.68. The van der Waals surface area contributed by atoms with Gasteiger partial charge in [-0.3, -0.25) is 0 Å². The van der Waals surface area contributed by atoms with Gasteiger partial charge in [-0.2, -0.15) is 0 Å². The zero-order valence-electron chi connectivity index (χ0n) is 14.3. The second kappa shape index (κ2) is 16.4. The van der Waals surface area contributed by atoms with E-state index in [9.17, 15) is 8.42 Å². The molecule has 0 fully saturated rings. The van der Waals surface area contributed by atoms with Crippen molar-refractivity contribution >= 4 is 9.84 Å². The third kappa shape index (κ3) is 9.85. The summed E-state index contributed by atoms with van der Waals surface area (Å²) in [6, 6.07) is 0. The van der Waals surface area contributed by atoms with E-state index in [4.69, 9.17) is 0 Å². The van der Waals surface area contributed by atoms with Gasteiger partial charge in [0.15, 0.2) is 0 Å². The Morgan fingerprint density at radius 3 is 1.71 bits per heavy atom. The molecule has 0 bridgehead atoms. The summed E-state index contributed by atoms with van der Waals surface area (Å²) in [6.07, 6.45) is 12.3. The molecule has 0 atom stereocenters. The highest BCUT2D eigenvalue weighted by molar-refractivity contribution is 7.99. The Hall–Kier alpha value is -1.61. The molecule has 0 saturated carbocycles. The van der Waals surface area contributed by atoms with Gasteiger partial charge in [0.2, 0.25) is 9.84 Å². The number of sulfone groups is 1. The Morgan fingerprint density at radius 1 is 0.857 bits per heavy atom. The molecule has 0 saturated heterocycles. The van der Waals surface area contributed by atoms with Crippen molar-refractivity contribution in [1.82, 2.24) is 0 Å². The van der Waals surface area contributed by atoms with Crippen LogP contribution in [0.3, 0.4) is 0 Å². The lowest BCUT2D eigenvalue weighted by Crippen LogP contribution is -2.04. The fraction of sp³-hybridized carbons (Fsp3) is 0.333. The third-order valence-electron chi connectivity index (χ3n) is 1.91. The van der Waals surface area contributed by atoms with Gasteiger partial charge in [0.05, 0.1) is 9.81 Å². The van der Waals surface area contributed by atoms with E-state index in [1.54, 1.807) is 38.2 Å². The Bertz CT molecular complexity index is 487. The molecule has 0 radical (unpaired) electrons. The van der Waals surface area contributed by atoms with Crippen LogP contribution >= 0.6 is 0 Å². The van der Waals surface area contributed by atoms with Crippen LogP contribution in [0.4, 0.5) is 0 Å². The van der Waals surface area contributed by atoms with Crippen molar-refractivity contribution in [2.45, 2.75) is 41.5 Å². The molecule has 0 unspecified atom stereocenters. The summed E-state index contributed by atoms with van der Waals surface area (Å²) in [5, 5.41) is 0. The lowest BCUT2D eigenvalue weighted by atomic mass is 10.4. The Balaban J connectivity index is -0.000000739. The Kier molecular flexibility index (Phi) is 19.1. The Labute approximate surface area is 131 Å². The lowest BCUT2D eigenvalue weighted by Gasteiger charge is -2.05. The first kappa shape index (κ1) is 24.4. The Morgan fingerprint density at radius 2 is 1.38 bits per heavy atom. The highest BCUT2D eigenvalue weighted by atomic mass is 32.2. The smallest absolute Gasteiger partial charge is 0.206 e. The summed E-state index contributed by atoms with van der Waals surface area (Å²) in [5.41, 5.74) is 0. The van der Waals surface area contributed by atoms with Crippen LogP contribution in [-0.2, 0) is 9.84 Å². The standard InChI is InChI=1S/C14H18O2S.2C2H6/c1-5-9-12-13(8-4)17(15,16)14(10-6-2)11-7-3;2*1-2/h5-12H,1-2H2,3-4H3;2*1-2H3/b11-7-,12-9-,13-8+,14-10+;;. The second-order valence-electron chi connectivity index (χ2n) is 3.09. The first-order chi connectivity index (χ1) is 10.0. The maximum atomic E-state index is 12.2. The normalized spacial score (nSPS) is 12.3. The van der Waals surface area contributed by atoms with E-state index in [2.05, 4.69) is 13.2 Å². The van der Waals surface area contributed by atoms with Crippen LogP contribution in [0.25, 0.3) is 0 Å². The molecule has 0 rings (SSSR count). The monoisotopic (exact) mass is 310 g/mol. The van der Waals surface area contributed by atoms with Gasteiger partial charge in [0.1, 0.15) is 0 Å². The minimum absolute atomic E-state index is 0.219. The maximum absolute atomic E-state index is 12.2. The molecule has 0 N–H and O–H groups in total. The number of rotatable bonds is 6. The van der Waals surface area contributed by atoms with E-state index in [1.807, 2.05) is 27.7 Å². The predicted octanol–water partition coefficient (Wildman–Crippen LogP) is 5.75. The van der Waals surface area contributed by atoms with Gasteiger partial charge in [-0.15, -0.1) is 0 Å². The van der Waals surface area contributed by atoms with Crippen molar-refractivity contribution in [3.05, 3.63) is 71.6 Å². The third-order valence-corrected chi connectivity index (χ3v) is 3.80. The van der Waals surface area contributed by atoms with Crippen LogP contribution in [0.5, 0.6) is 0 Å². The molecule has 0 aliphatic heterocycles. The molecule has 0 aromatic rings. The van der Waals surface area contributed by atoms with Gasteiger partial charge < -0.3 is 0 Å². The zero-order valence-corrected chi connectivity index (χ0v) is 15.1. The molecule has 0 aromatic heterocycles. The van der Waals surface area contributed by atoms with Gasteiger partial charge in [0.25, 0.3) is 0 Å². The van der Waals surface area contributed by atoms with Crippen molar-refractivity contribution in [3.8, 4) is 0 Å². The average Bonchev–Trinajstić information content (AvgIpc) is 2.51. The molecule has 0 heterocycles. The number of hydrogen-bond acceptors (Lipinski definition) is 2. The fourth-order valence-corrected chi connectivity index (χ4v) is 2.59. The fourth-order valence-electron chi connectivity index (χ4n) is 1.16. The largest absolute Gasteiger partial charge is 0.219 e. The minimum atomic E-state index is -3.48. The molecule has 0 spiro atoms. The molecule has 120 valence electrons. The maximum Gasteiger partial charge on any atom is 0.206 e. The van der Waals surface area contributed by atoms with Crippen molar-refractivity contribution in [3.63, 3.8) is 0 Å². The highest BCUT2D eigenvalue weighted by Gasteiger charge is 2.17. The van der Waals surface area contributed by atoms with Gasteiger partial charge in [-0.1, -0.05) is 71.2 Å².